The lowest BCUT2D eigenvalue weighted by Gasteiger charge is -2.22. The predicted octanol–water partition coefficient (Wildman–Crippen LogP) is 0.728. The van der Waals surface area contributed by atoms with Crippen molar-refractivity contribution in [3.63, 3.8) is 0 Å². The van der Waals surface area contributed by atoms with E-state index >= 15 is 0 Å². The highest BCUT2D eigenvalue weighted by Crippen LogP contribution is 2.15. The minimum Gasteiger partial charge on any atom is -0.462 e. The first kappa shape index (κ1) is 13.6. The topological polar surface area (TPSA) is 72.8 Å². The zero-order valence-electron chi connectivity index (χ0n) is 9.72. The maximum Gasteiger partial charge on any atom is 0.336 e. The van der Waals surface area contributed by atoms with Crippen molar-refractivity contribution < 1.29 is 24.2 Å². The third kappa shape index (κ3) is 3.80. The predicted molar refractivity (Wildman–Crippen MR) is 60.0 cm³/mol. The monoisotopic (exact) mass is 240 g/mol. The Kier molecular flexibility index (Phi) is 5.06. The van der Waals surface area contributed by atoms with Gasteiger partial charge >= 0.3 is 5.97 Å². The number of aliphatic hydroxyl groups excluding tert-OH is 1. The molecule has 0 bridgehead atoms. The number of esters is 1. The smallest absolute Gasteiger partial charge is 0.336 e. The molecule has 0 unspecified atom stereocenters. The van der Waals surface area contributed by atoms with Crippen molar-refractivity contribution >= 4 is 11.8 Å². The van der Waals surface area contributed by atoms with Gasteiger partial charge in [0.1, 0.15) is 0 Å². The zero-order valence-corrected chi connectivity index (χ0v) is 9.72. The van der Waals surface area contributed by atoms with Crippen LogP contribution < -0.4 is 0 Å². The highest BCUT2D eigenvalue weighted by atomic mass is 16.6. The molecule has 0 radical (unpaired) electrons. The maximum atomic E-state index is 11.5. The van der Waals surface area contributed by atoms with Gasteiger partial charge in [-0.15, -0.1) is 0 Å². The second kappa shape index (κ2) is 6.32. The van der Waals surface area contributed by atoms with Crippen LogP contribution in [0, 0.1) is 0 Å². The average Bonchev–Trinajstić information content (AvgIpc) is 2.31. The number of aliphatic hydroxyl groups is 1. The Morgan fingerprint density at radius 3 is 3.00 bits per heavy atom. The van der Waals surface area contributed by atoms with Crippen LogP contribution in [-0.4, -0.2) is 35.9 Å². The Balaban J connectivity index is 2.54. The number of rotatable bonds is 5. The molecule has 0 aromatic heterocycles. The molecule has 2 atom stereocenters. The molecule has 0 aromatic carbocycles. The summed E-state index contributed by atoms with van der Waals surface area (Å²) in [6, 6.07) is 0. The van der Waals surface area contributed by atoms with Crippen LogP contribution in [0.1, 0.15) is 19.8 Å². The van der Waals surface area contributed by atoms with Gasteiger partial charge in [0.2, 0.25) is 0 Å². The molecule has 94 valence electrons. The van der Waals surface area contributed by atoms with Gasteiger partial charge in [0, 0.05) is 0 Å². The molecular weight excluding hydrogens is 224 g/mol. The van der Waals surface area contributed by atoms with E-state index in [2.05, 4.69) is 6.58 Å². The van der Waals surface area contributed by atoms with Crippen LogP contribution in [0.25, 0.3) is 0 Å². The number of ether oxygens (including phenoxy) is 2. The summed E-state index contributed by atoms with van der Waals surface area (Å²) in [5.41, 5.74) is -0.0884. The van der Waals surface area contributed by atoms with Gasteiger partial charge in [0.05, 0.1) is 12.2 Å². The Morgan fingerprint density at radius 1 is 1.65 bits per heavy atom. The van der Waals surface area contributed by atoms with Crippen molar-refractivity contribution in [2.75, 3.05) is 6.61 Å². The molecule has 0 aromatic rings. The van der Waals surface area contributed by atoms with Gasteiger partial charge in [-0.1, -0.05) is 19.9 Å². The third-order valence-corrected chi connectivity index (χ3v) is 2.27. The van der Waals surface area contributed by atoms with Gasteiger partial charge in [0.15, 0.2) is 18.2 Å². The average molecular weight is 240 g/mol. The molecule has 0 fully saturated rings. The second-order valence-electron chi connectivity index (χ2n) is 3.68. The van der Waals surface area contributed by atoms with Crippen molar-refractivity contribution in [2.45, 2.75) is 32.2 Å². The molecule has 0 saturated carbocycles. The molecule has 0 spiro atoms. The highest BCUT2D eigenvalue weighted by molar-refractivity contribution is 6.04. The molecular formula is C12H16O5. The van der Waals surface area contributed by atoms with Crippen LogP contribution in [-0.2, 0) is 19.1 Å². The highest BCUT2D eigenvalue weighted by Gasteiger charge is 2.30. The van der Waals surface area contributed by atoms with E-state index in [-0.39, 0.29) is 12.2 Å². The molecule has 1 N–H and O–H groups in total. The minimum absolute atomic E-state index is 0.0884. The third-order valence-electron chi connectivity index (χ3n) is 2.27. The first-order valence-corrected chi connectivity index (χ1v) is 5.47. The van der Waals surface area contributed by atoms with Gasteiger partial charge in [0.25, 0.3) is 0 Å². The van der Waals surface area contributed by atoms with E-state index in [1.165, 1.54) is 12.2 Å². The molecule has 17 heavy (non-hydrogen) atoms. The molecule has 1 heterocycles. The summed E-state index contributed by atoms with van der Waals surface area (Å²) >= 11 is 0. The fourth-order valence-electron chi connectivity index (χ4n) is 1.28. The van der Waals surface area contributed by atoms with Crippen LogP contribution >= 0.6 is 0 Å². The molecule has 1 rings (SSSR count). The Bertz CT molecular complexity index is 345. The van der Waals surface area contributed by atoms with Crippen LogP contribution in [0.4, 0.5) is 0 Å². The van der Waals surface area contributed by atoms with Crippen molar-refractivity contribution in [2.24, 2.45) is 0 Å². The summed E-state index contributed by atoms with van der Waals surface area (Å²) < 4.78 is 9.81. The van der Waals surface area contributed by atoms with E-state index < -0.39 is 24.1 Å². The Morgan fingerprint density at radius 2 is 2.35 bits per heavy atom. The van der Waals surface area contributed by atoms with Crippen LogP contribution in [0.15, 0.2) is 24.3 Å². The summed E-state index contributed by atoms with van der Waals surface area (Å²) in [4.78, 5) is 22.9. The number of hydrogen-bond acceptors (Lipinski definition) is 5. The SMILES string of the molecule is C=C(C(=O)OCCCC)[C@@H]1O[C@@H](O)C=CC1=O. The number of unbranched alkanes of at least 4 members (excludes halogenated alkanes) is 1. The summed E-state index contributed by atoms with van der Waals surface area (Å²) in [6.45, 7) is 5.73. The van der Waals surface area contributed by atoms with Gasteiger partial charge < -0.3 is 14.6 Å². The number of hydrogen-bond donors (Lipinski definition) is 1. The number of carbonyl (C=O) groups excluding carboxylic acids is 2. The van der Waals surface area contributed by atoms with Crippen molar-refractivity contribution in [3.8, 4) is 0 Å². The summed E-state index contributed by atoms with van der Waals surface area (Å²) in [5.74, 6) is -1.09. The van der Waals surface area contributed by atoms with Gasteiger partial charge in [-0.05, 0) is 18.6 Å². The molecule has 5 nitrogen and oxygen atoms in total. The van der Waals surface area contributed by atoms with E-state index in [4.69, 9.17) is 9.47 Å². The van der Waals surface area contributed by atoms with Crippen LogP contribution in [0.5, 0.6) is 0 Å². The van der Waals surface area contributed by atoms with Crippen molar-refractivity contribution in [1.29, 1.82) is 0 Å². The van der Waals surface area contributed by atoms with Crippen LogP contribution in [0.2, 0.25) is 0 Å². The fraction of sp³-hybridized carbons (Fsp3) is 0.500. The van der Waals surface area contributed by atoms with Gasteiger partial charge in [-0.3, -0.25) is 4.79 Å². The van der Waals surface area contributed by atoms with Gasteiger partial charge in [-0.25, -0.2) is 4.79 Å². The maximum absolute atomic E-state index is 11.5. The number of ketones is 1. The fourth-order valence-corrected chi connectivity index (χ4v) is 1.28. The molecule has 0 amide bonds. The second-order valence-corrected chi connectivity index (χ2v) is 3.68. The zero-order chi connectivity index (χ0) is 12.8. The van der Waals surface area contributed by atoms with Crippen molar-refractivity contribution in [1.82, 2.24) is 0 Å². The molecule has 1 aliphatic heterocycles. The van der Waals surface area contributed by atoms with E-state index in [1.54, 1.807) is 0 Å². The Hall–Kier alpha value is -1.46. The minimum atomic E-state index is -1.20. The summed E-state index contributed by atoms with van der Waals surface area (Å²) in [5, 5.41) is 9.19. The molecule has 5 heteroatoms. The van der Waals surface area contributed by atoms with E-state index in [0.29, 0.717) is 0 Å². The lowest BCUT2D eigenvalue weighted by atomic mass is 10.1. The molecule has 0 aliphatic carbocycles. The van der Waals surface area contributed by atoms with E-state index in [0.717, 1.165) is 12.8 Å². The molecule has 0 saturated heterocycles. The first-order valence-electron chi connectivity index (χ1n) is 5.47. The first-order chi connectivity index (χ1) is 8.06. The van der Waals surface area contributed by atoms with E-state index in [9.17, 15) is 14.7 Å². The van der Waals surface area contributed by atoms with Gasteiger partial charge in [-0.2, -0.15) is 0 Å². The van der Waals surface area contributed by atoms with Crippen LogP contribution in [0.3, 0.4) is 0 Å². The summed E-state index contributed by atoms with van der Waals surface area (Å²) in [7, 11) is 0. The lowest BCUT2D eigenvalue weighted by Crippen LogP contribution is -2.35. The number of carbonyl (C=O) groups is 2. The normalized spacial score (nSPS) is 23.5. The van der Waals surface area contributed by atoms with Crippen molar-refractivity contribution in [3.05, 3.63) is 24.3 Å². The largest absolute Gasteiger partial charge is 0.462 e. The molecule has 1 aliphatic rings. The summed E-state index contributed by atoms with van der Waals surface area (Å²) in [6.07, 6.45) is 1.68. The quantitative estimate of drug-likeness (QED) is 0.435. The van der Waals surface area contributed by atoms with E-state index in [1.807, 2.05) is 6.92 Å². The lowest BCUT2D eigenvalue weighted by molar-refractivity contribution is -0.151. The standard InChI is InChI=1S/C12H16O5/c1-3-4-7-16-12(15)8(2)11-9(13)5-6-10(14)17-11/h5-6,10-11,14H,2-4,7H2,1H3/t10-,11+/m1/s1. The Labute approximate surface area is 99.7 Å².